The van der Waals surface area contributed by atoms with E-state index in [9.17, 15) is 18.3 Å². The maximum absolute atomic E-state index is 14.7. The van der Waals surface area contributed by atoms with Crippen LogP contribution in [0.4, 0.5) is 13.2 Å². The van der Waals surface area contributed by atoms with E-state index >= 15 is 0 Å². The van der Waals surface area contributed by atoms with Gasteiger partial charge in [-0.05, 0) is 25.1 Å². The van der Waals surface area contributed by atoms with E-state index in [4.69, 9.17) is 5.73 Å². The minimum atomic E-state index is -1.86. The monoisotopic (exact) mass is 404 g/mol. The van der Waals surface area contributed by atoms with E-state index in [0.717, 1.165) is 6.07 Å². The highest BCUT2D eigenvalue weighted by Crippen LogP contribution is 2.37. The van der Waals surface area contributed by atoms with Crippen LogP contribution in [-0.4, -0.2) is 37.0 Å². The van der Waals surface area contributed by atoms with Crippen molar-refractivity contribution in [3.8, 4) is 0 Å². The lowest BCUT2D eigenvalue weighted by atomic mass is 9.85. The standard InChI is InChI=1S/C19H19F3N6O/c1-11(28-17-5-3-12(20)6-14(17)18(23)26-28)19(29,8-27-10-24-9-25-27)15-4-2-13(21)7-16(15)22/h2-7,9-11,17,26,29H,8,23H2,1H3/t11-,17?,19-/m1/s1. The molecule has 1 aromatic carbocycles. The van der Waals surface area contributed by atoms with Gasteiger partial charge in [0.05, 0.1) is 18.6 Å². The molecular weight excluding hydrogens is 385 g/mol. The fourth-order valence-corrected chi connectivity index (χ4v) is 3.73. The molecule has 7 nitrogen and oxygen atoms in total. The zero-order valence-corrected chi connectivity index (χ0v) is 15.4. The van der Waals surface area contributed by atoms with Crippen LogP contribution in [0.15, 0.2) is 66.3 Å². The van der Waals surface area contributed by atoms with Crippen molar-refractivity contribution in [3.05, 3.63) is 83.5 Å². The van der Waals surface area contributed by atoms with Crippen LogP contribution in [0.2, 0.25) is 0 Å². The third-order valence-electron chi connectivity index (χ3n) is 5.29. The molecule has 0 saturated heterocycles. The number of hydrogen-bond acceptors (Lipinski definition) is 6. The van der Waals surface area contributed by atoms with Crippen LogP contribution >= 0.6 is 0 Å². The number of rotatable bonds is 5. The van der Waals surface area contributed by atoms with Crippen LogP contribution < -0.4 is 11.2 Å². The van der Waals surface area contributed by atoms with E-state index in [2.05, 4.69) is 15.5 Å². The number of aliphatic hydroxyl groups is 1. The predicted octanol–water partition coefficient (Wildman–Crippen LogP) is 1.61. The Morgan fingerprint density at radius 1 is 1.34 bits per heavy atom. The van der Waals surface area contributed by atoms with Gasteiger partial charge in [-0.2, -0.15) is 5.10 Å². The summed E-state index contributed by atoms with van der Waals surface area (Å²) in [6.07, 6.45) is 6.85. The molecule has 1 aliphatic carbocycles. The molecule has 10 heteroatoms. The Morgan fingerprint density at radius 2 is 2.14 bits per heavy atom. The Kier molecular flexibility index (Phi) is 4.67. The molecule has 0 radical (unpaired) electrons. The zero-order valence-electron chi connectivity index (χ0n) is 15.4. The second-order valence-corrected chi connectivity index (χ2v) is 7.04. The summed E-state index contributed by atoms with van der Waals surface area (Å²) < 4.78 is 43.2. The lowest BCUT2D eigenvalue weighted by Crippen LogP contribution is -2.57. The Balaban J connectivity index is 1.75. The van der Waals surface area contributed by atoms with Gasteiger partial charge in [-0.25, -0.2) is 27.8 Å². The van der Waals surface area contributed by atoms with E-state index in [1.807, 2.05) is 0 Å². The first kappa shape index (κ1) is 19.2. The number of benzene rings is 1. The predicted molar refractivity (Wildman–Crippen MR) is 98.0 cm³/mol. The number of aromatic nitrogens is 3. The second-order valence-electron chi connectivity index (χ2n) is 7.04. The van der Waals surface area contributed by atoms with Crippen molar-refractivity contribution >= 4 is 0 Å². The molecule has 0 saturated carbocycles. The van der Waals surface area contributed by atoms with Gasteiger partial charge in [0.15, 0.2) is 0 Å². The SMILES string of the molecule is C[C@@H](N1NC(N)=C2C=C(F)C=CC21)[C@](O)(Cn1cncn1)c1ccc(F)cc1F. The molecule has 152 valence electrons. The number of halogens is 3. The van der Waals surface area contributed by atoms with Crippen molar-refractivity contribution in [1.82, 2.24) is 25.2 Å². The van der Waals surface area contributed by atoms with Gasteiger partial charge < -0.3 is 16.3 Å². The highest BCUT2D eigenvalue weighted by atomic mass is 19.1. The van der Waals surface area contributed by atoms with Gasteiger partial charge in [0.25, 0.3) is 0 Å². The first-order chi connectivity index (χ1) is 13.8. The summed E-state index contributed by atoms with van der Waals surface area (Å²) in [6.45, 7) is 1.50. The zero-order chi connectivity index (χ0) is 20.8. The Bertz CT molecular complexity index is 1020. The molecule has 4 N–H and O–H groups in total. The Hall–Kier alpha value is -3.11. The van der Waals surface area contributed by atoms with Crippen LogP contribution in [0.3, 0.4) is 0 Å². The molecule has 0 bridgehead atoms. The molecule has 2 heterocycles. The van der Waals surface area contributed by atoms with Gasteiger partial charge in [-0.1, -0.05) is 12.1 Å². The second kappa shape index (κ2) is 7.05. The number of nitrogens with two attached hydrogens (primary N) is 1. The number of allylic oxidation sites excluding steroid dienone is 2. The smallest absolute Gasteiger partial charge is 0.137 e. The number of nitrogens with zero attached hydrogens (tertiary/aromatic N) is 4. The van der Waals surface area contributed by atoms with Crippen LogP contribution in [0.5, 0.6) is 0 Å². The summed E-state index contributed by atoms with van der Waals surface area (Å²) in [4.78, 5) is 3.85. The van der Waals surface area contributed by atoms with Crippen LogP contribution in [0.1, 0.15) is 12.5 Å². The normalized spacial score (nSPS) is 22.1. The van der Waals surface area contributed by atoms with E-state index in [-0.39, 0.29) is 17.9 Å². The lowest BCUT2D eigenvalue weighted by Gasteiger charge is -2.41. The molecule has 1 aliphatic heterocycles. The summed E-state index contributed by atoms with van der Waals surface area (Å²) in [5.74, 6) is -1.88. The summed E-state index contributed by atoms with van der Waals surface area (Å²) in [5.41, 5.74) is 7.45. The van der Waals surface area contributed by atoms with Crippen LogP contribution in [0, 0.1) is 11.6 Å². The molecule has 0 amide bonds. The minimum Gasteiger partial charge on any atom is -0.384 e. The molecule has 0 fully saturated rings. The van der Waals surface area contributed by atoms with E-state index in [1.165, 1.54) is 35.6 Å². The Morgan fingerprint density at radius 3 is 2.83 bits per heavy atom. The van der Waals surface area contributed by atoms with Gasteiger partial charge in [0.2, 0.25) is 0 Å². The molecule has 1 aromatic heterocycles. The van der Waals surface area contributed by atoms with E-state index in [0.29, 0.717) is 11.6 Å². The van der Waals surface area contributed by atoms with Gasteiger partial charge in [0.1, 0.15) is 41.5 Å². The van der Waals surface area contributed by atoms with Crippen molar-refractivity contribution in [2.24, 2.45) is 5.73 Å². The fraction of sp³-hybridized carbons (Fsp3) is 0.263. The maximum Gasteiger partial charge on any atom is 0.137 e. The average Bonchev–Trinajstić information content (AvgIpc) is 3.29. The molecule has 2 aliphatic rings. The molecule has 3 atom stereocenters. The summed E-state index contributed by atoms with van der Waals surface area (Å²) in [6, 6.07) is 1.71. The highest BCUT2D eigenvalue weighted by Gasteiger charge is 2.46. The van der Waals surface area contributed by atoms with Crippen LogP contribution in [-0.2, 0) is 12.1 Å². The molecular formula is C19H19F3N6O. The first-order valence-electron chi connectivity index (χ1n) is 8.90. The van der Waals surface area contributed by atoms with Gasteiger partial charge in [-0.3, -0.25) is 0 Å². The highest BCUT2D eigenvalue weighted by molar-refractivity contribution is 5.44. The van der Waals surface area contributed by atoms with Gasteiger partial charge >= 0.3 is 0 Å². The molecule has 29 heavy (non-hydrogen) atoms. The largest absolute Gasteiger partial charge is 0.384 e. The third kappa shape index (κ3) is 3.30. The average molecular weight is 404 g/mol. The molecule has 0 spiro atoms. The number of hydrogen-bond donors (Lipinski definition) is 3. The molecule has 4 rings (SSSR count). The molecule has 2 aromatic rings. The Labute approximate surface area is 164 Å². The maximum atomic E-state index is 14.7. The molecule has 1 unspecified atom stereocenters. The number of hydrazine groups is 1. The van der Waals surface area contributed by atoms with E-state index < -0.39 is 35.1 Å². The van der Waals surface area contributed by atoms with E-state index in [1.54, 1.807) is 18.0 Å². The first-order valence-corrected chi connectivity index (χ1v) is 8.90. The quantitative estimate of drug-likeness (QED) is 0.702. The number of nitrogens with one attached hydrogen (secondary N) is 1. The van der Waals surface area contributed by atoms with Crippen molar-refractivity contribution in [2.75, 3.05) is 0 Å². The van der Waals surface area contributed by atoms with Gasteiger partial charge in [-0.15, -0.1) is 0 Å². The van der Waals surface area contributed by atoms with Crippen molar-refractivity contribution in [3.63, 3.8) is 0 Å². The fourth-order valence-electron chi connectivity index (χ4n) is 3.73. The van der Waals surface area contributed by atoms with Crippen molar-refractivity contribution < 1.29 is 18.3 Å². The minimum absolute atomic E-state index is 0.114. The van der Waals surface area contributed by atoms with Crippen molar-refractivity contribution in [2.45, 2.75) is 31.2 Å². The van der Waals surface area contributed by atoms with Gasteiger partial charge in [0, 0.05) is 17.2 Å². The topological polar surface area (TPSA) is 92.2 Å². The van der Waals surface area contributed by atoms with Crippen LogP contribution in [0.25, 0.3) is 0 Å². The number of fused-ring (bicyclic) bond motifs is 1. The summed E-state index contributed by atoms with van der Waals surface area (Å²) in [5, 5.41) is 17.3. The van der Waals surface area contributed by atoms with Crippen molar-refractivity contribution in [1.29, 1.82) is 0 Å². The third-order valence-corrected chi connectivity index (χ3v) is 5.29. The summed E-state index contributed by atoms with van der Waals surface area (Å²) in [7, 11) is 0. The summed E-state index contributed by atoms with van der Waals surface area (Å²) >= 11 is 0. The lowest BCUT2D eigenvalue weighted by molar-refractivity contribution is -0.0760.